The van der Waals surface area contributed by atoms with E-state index in [1.807, 2.05) is 6.92 Å². The first-order valence-electron chi connectivity index (χ1n) is 8.89. The van der Waals surface area contributed by atoms with Crippen LogP contribution in [0.4, 0.5) is 0 Å². The van der Waals surface area contributed by atoms with Gasteiger partial charge in [0, 0.05) is 32.2 Å². The highest BCUT2D eigenvalue weighted by Crippen LogP contribution is 2.18. The van der Waals surface area contributed by atoms with E-state index in [2.05, 4.69) is 42.9 Å². The van der Waals surface area contributed by atoms with Gasteiger partial charge in [0.25, 0.3) is 0 Å². The number of nitrogens with zero attached hydrogens (tertiary/aromatic N) is 3. The van der Waals surface area contributed by atoms with E-state index in [0.717, 1.165) is 51.5 Å². The Morgan fingerprint density at radius 2 is 1.96 bits per heavy atom. The van der Waals surface area contributed by atoms with Crippen LogP contribution in [0.25, 0.3) is 0 Å². The molecular weight excluding hydrogens is 419 g/mol. The van der Waals surface area contributed by atoms with Gasteiger partial charge < -0.3 is 19.9 Å². The van der Waals surface area contributed by atoms with Gasteiger partial charge in [0.1, 0.15) is 0 Å². The number of halogens is 1. The van der Waals surface area contributed by atoms with Gasteiger partial charge in [-0.2, -0.15) is 0 Å². The maximum atomic E-state index is 11.8. The van der Waals surface area contributed by atoms with Crippen molar-refractivity contribution in [2.24, 2.45) is 10.9 Å². The molecule has 6 nitrogen and oxygen atoms in total. The predicted molar refractivity (Wildman–Crippen MR) is 110 cm³/mol. The van der Waals surface area contributed by atoms with E-state index in [-0.39, 0.29) is 35.9 Å². The summed E-state index contributed by atoms with van der Waals surface area (Å²) in [6.07, 6.45) is 1.68. The predicted octanol–water partition coefficient (Wildman–Crippen LogP) is 2.19. The lowest BCUT2D eigenvalue weighted by atomic mass is 9.97. The van der Waals surface area contributed by atoms with Crippen LogP contribution in [0.15, 0.2) is 4.99 Å². The standard InChI is InChI=1S/C17H34N4O2.HI/c1-6-18-17(19-10-13-20(5)14(3)4)21-11-8-15(9-12-21)16(22)23-7-2;/h14-15H,6-13H2,1-5H3,(H,18,19);1H. The van der Waals surface area contributed by atoms with Crippen LogP contribution < -0.4 is 5.32 Å². The third kappa shape index (κ3) is 8.00. The average Bonchev–Trinajstić information content (AvgIpc) is 2.54. The van der Waals surface area contributed by atoms with E-state index in [1.54, 1.807) is 0 Å². The first-order chi connectivity index (χ1) is 11.0. The lowest BCUT2D eigenvalue weighted by molar-refractivity contribution is -0.149. The summed E-state index contributed by atoms with van der Waals surface area (Å²) in [5, 5.41) is 3.37. The Morgan fingerprint density at radius 1 is 1.33 bits per heavy atom. The van der Waals surface area contributed by atoms with E-state index in [1.165, 1.54) is 0 Å². The Kier molecular flexibility index (Phi) is 12.4. The van der Waals surface area contributed by atoms with Crippen molar-refractivity contribution in [3.63, 3.8) is 0 Å². The number of carbonyl (C=O) groups is 1. The minimum atomic E-state index is -0.0485. The van der Waals surface area contributed by atoms with Gasteiger partial charge >= 0.3 is 5.97 Å². The molecule has 1 heterocycles. The average molecular weight is 454 g/mol. The molecule has 0 bridgehead atoms. The van der Waals surface area contributed by atoms with Crippen LogP contribution in [-0.4, -0.2) is 74.1 Å². The zero-order valence-corrected chi connectivity index (χ0v) is 18.2. The molecule has 0 aromatic carbocycles. The second-order valence-electron chi connectivity index (χ2n) is 6.32. The monoisotopic (exact) mass is 454 g/mol. The molecule has 0 aromatic heterocycles. The largest absolute Gasteiger partial charge is 0.466 e. The summed E-state index contributed by atoms with van der Waals surface area (Å²) in [5.74, 6) is 0.959. The number of likely N-dealkylation sites (tertiary alicyclic amines) is 1. The molecule has 0 aromatic rings. The number of aliphatic imine (C=N–C) groups is 1. The summed E-state index contributed by atoms with van der Waals surface area (Å²) in [5.41, 5.74) is 0. The molecule has 1 aliphatic heterocycles. The summed E-state index contributed by atoms with van der Waals surface area (Å²) in [7, 11) is 2.12. The molecule has 1 rings (SSSR count). The number of nitrogens with one attached hydrogen (secondary N) is 1. The van der Waals surface area contributed by atoms with Crippen LogP contribution in [0, 0.1) is 5.92 Å². The topological polar surface area (TPSA) is 57.2 Å². The molecule has 1 aliphatic rings. The van der Waals surface area contributed by atoms with Crippen molar-refractivity contribution in [1.29, 1.82) is 0 Å². The van der Waals surface area contributed by atoms with Gasteiger partial charge in [-0.3, -0.25) is 9.79 Å². The quantitative estimate of drug-likeness (QED) is 0.277. The molecule has 0 atom stereocenters. The van der Waals surface area contributed by atoms with Crippen molar-refractivity contribution in [3.05, 3.63) is 0 Å². The van der Waals surface area contributed by atoms with Gasteiger partial charge in [-0.1, -0.05) is 0 Å². The summed E-state index contributed by atoms with van der Waals surface area (Å²) in [4.78, 5) is 21.1. The van der Waals surface area contributed by atoms with Gasteiger partial charge in [0.05, 0.1) is 19.1 Å². The fraction of sp³-hybridized carbons (Fsp3) is 0.882. The molecule has 1 saturated heterocycles. The first-order valence-corrected chi connectivity index (χ1v) is 8.89. The number of hydrogen-bond donors (Lipinski definition) is 1. The summed E-state index contributed by atoms with van der Waals surface area (Å²) in [6, 6.07) is 0.535. The number of rotatable bonds is 7. The van der Waals surface area contributed by atoms with E-state index in [4.69, 9.17) is 9.73 Å². The number of carbonyl (C=O) groups excluding carboxylic acids is 1. The van der Waals surface area contributed by atoms with Crippen LogP contribution in [0.5, 0.6) is 0 Å². The molecule has 1 fully saturated rings. The molecule has 1 N–H and O–H groups in total. The molecular formula is C17H35IN4O2. The van der Waals surface area contributed by atoms with Crippen molar-refractivity contribution >= 4 is 35.9 Å². The zero-order valence-electron chi connectivity index (χ0n) is 15.9. The van der Waals surface area contributed by atoms with Crippen LogP contribution in [-0.2, 0) is 9.53 Å². The maximum absolute atomic E-state index is 11.8. The Balaban J connectivity index is 0.00000529. The van der Waals surface area contributed by atoms with Crippen LogP contribution >= 0.6 is 24.0 Å². The minimum absolute atomic E-state index is 0. The van der Waals surface area contributed by atoms with E-state index in [9.17, 15) is 4.79 Å². The molecule has 0 spiro atoms. The highest BCUT2D eigenvalue weighted by atomic mass is 127. The maximum Gasteiger partial charge on any atom is 0.309 e. The molecule has 0 saturated carbocycles. The van der Waals surface area contributed by atoms with E-state index in [0.29, 0.717) is 12.6 Å². The van der Waals surface area contributed by atoms with Crippen LogP contribution in [0.2, 0.25) is 0 Å². The molecule has 24 heavy (non-hydrogen) atoms. The second-order valence-corrected chi connectivity index (χ2v) is 6.32. The Bertz CT molecular complexity index is 383. The zero-order chi connectivity index (χ0) is 17.2. The summed E-state index contributed by atoms with van der Waals surface area (Å²) < 4.78 is 5.13. The van der Waals surface area contributed by atoms with Gasteiger partial charge in [-0.05, 0) is 47.6 Å². The summed E-state index contributed by atoms with van der Waals surface area (Å²) in [6.45, 7) is 13.1. The number of esters is 1. The van der Waals surface area contributed by atoms with Crippen molar-refractivity contribution in [1.82, 2.24) is 15.1 Å². The molecule has 0 aliphatic carbocycles. The van der Waals surface area contributed by atoms with E-state index >= 15 is 0 Å². The number of likely N-dealkylation sites (N-methyl/N-ethyl adjacent to an activating group) is 1. The van der Waals surface area contributed by atoms with E-state index < -0.39 is 0 Å². The van der Waals surface area contributed by atoms with Gasteiger partial charge in [-0.15, -0.1) is 24.0 Å². The van der Waals surface area contributed by atoms with Crippen molar-refractivity contribution in [2.75, 3.05) is 46.4 Å². The third-order valence-corrected chi connectivity index (χ3v) is 4.35. The normalized spacial score (nSPS) is 16.3. The third-order valence-electron chi connectivity index (χ3n) is 4.35. The Labute approximate surface area is 164 Å². The Morgan fingerprint density at radius 3 is 2.46 bits per heavy atom. The lowest BCUT2D eigenvalue weighted by Gasteiger charge is -2.33. The smallest absolute Gasteiger partial charge is 0.309 e. The Hall–Kier alpha value is -0.570. The molecule has 142 valence electrons. The van der Waals surface area contributed by atoms with Gasteiger partial charge in [0.15, 0.2) is 5.96 Å². The second kappa shape index (κ2) is 12.7. The number of guanidine groups is 1. The van der Waals surface area contributed by atoms with Crippen molar-refractivity contribution < 1.29 is 9.53 Å². The molecule has 7 heteroatoms. The number of ether oxygens (including phenoxy) is 1. The van der Waals surface area contributed by atoms with Gasteiger partial charge in [0.2, 0.25) is 0 Å². The fourth-order valence-electron chi connectivity index (χ4n) is 2.58. The molecule has 0 amide bonds. The highest BCUT2D eigenvalue weighted by Gasteiger charge is 2.27. The SMILES string of the molecule is CCNC(=NCCN(C)C(C)C)N1CCC(C(=O)OCC)CC1.I. The summed E-state index contributed by atoms with van der Waals surface area (Å²) >= 11 is 0. The highest BCUT2D eigenvalue weighted by molar-refractivity contribution is 14.0. The number of hydrogen-bond acceptors (Lipinski definition) is 4. The van der Waals surface area contributed by atoms with Crippen molar-refractivity contribution in [3.8, 4) is 0 Å². The number of piperidine rings is 1. The minimum Gasteiger partial charge on any atom is -0.466 e. The first kappa shape index (κ1) is 23.4. The van der Waals surface area contributed by atoms with Crippen molar-refractivity contribution in [2.45, 2.75) is 46.6 Å². The fourth-order valence-corrected chi connectivity index (χ4v) is 2.58. The lowest BCUT2D eigenvalue weighted by Crippen LogP contribution is -2.47. The molecule has 0 radical (unpaired) electrons. The molecule has 0 unspecified atom stereocenters. The van der Waals surface area contributed by atoms with Crippen LogP contribution in [0.3, 0.4) is 0 Å². The van der Waals surface area contributed by atoms with Gasteiger partial charge in [-0.25, -0.2) is 0 Å². The van der Waals surface area contributed by atoms with Crippen LogP contribution in [0.1, 0.15) is 40.5 Å².